The standard InChI is InChI=1S/C25H33Cl2N3O4S/c1-6-19-7-10-21(11-8-19)30(35(5,33)34)16-24(31)29(18(4)25(32)28-14-17(2)3)15-20-9-12-22(26)23(27)13-20/h7-13,17-18H,6,14-16H2,1-5H3,(H,28,32)/t18-/m0/s1. The van der Waals surface area contributed by atoms with Crippen LogP contribution < -0.4 is 9.62 Å². The van der Waals surface area contributed by atoms with Gasteiger partial charge in [-0.15, -0.1) is 0 Å². The Hall–Kier alpha value is -2.29. The molecular weight excluding hydrogens is 509 g/mol. The molecule has 0 aliphatic heterocycles. The molecule has 0 saturated heterocycles. The molecule has 35 heavy (non-hydrogen) atoms. The molecule has 0 aliphatic carbocycles. The van der Waals surface area contributed by atoms with Crippen LogP contribution >= 0.6 is 23.2 Å². The summed E-state index contributed by atoms with van der Waals surface area (Å²) in [5.74, 6) is -0.615. The monoisotopic (exact) mass is 541 g/mol. The number of carbonyl (C=O) groups is 2. The van der Waals surface area contributed by atoms with Gasteiger partial charge in [0.2, 0.25) is 21.8 Å². The number of amides is 2. The molecule has 0 bridgehead atoms. The van der Waals surface area contributed by atoms with Crippen LogP contribution in [0, 0.1) is 5.92 Å². The van der Waals surface area contributed by atoms with Crippen molar-refractivity contribution in [2.24, 2.45) is 5.92 Å². The minimum absolute atomic E-state index is 0.0539. The van der Waals surface area contributed by atoms with Gasteiger partial charge in [-0.2, -0.15) is 0 Å². The van der Waals surface area contributed by atoms with Crippen LogP contribution in [0.3, 0.4) is 0 Å². The quantitative estimate of drug-likeness (QED) is 0.453. The molecule has 2 amide bonds. The number of aryl methyl sites for hydroxylation is 1. The zero-order valence-electron chi connectivity index (χ0n) is 20.7. The smallest absolute Gasteiger partial charge is 0.244 e. The summed E-state index contributed by atoms with van der Waals surface area (Å²) in [6.07, 6.45) is 1.86. The van der Waals surface area contributed by atoms with Crippen molar-refractivity contribution >= 4 is 50.7 Å². The number of hydrogen-bond acceptors (Lipinski definition) is 4. The van der Waals surface area contributed by atoms with E-state index >= 15 is 0 Å². The third kappa shape index (κ3) is 8.40. The highest BCUT2D eigenvalue weighted by Gasteiger charge is 2.30. The van der Waals surface area contributed by atoms with Crippen molar-refractivity contribution in [3.8, 4) is 0 Å². The number of rotatable bonds is 11. The van der Waals surface area contributed by atoms with Gasteiger partial charge < -0.3 is 10.2 Å². The number of anilines is 1. The van der Waals surface area contributed by atoms with Gasteiger partial charge >= 0.3 is 0 Å². The first-order valence-corrected chi connectivity index (χ1v) is 14.0. The van der Waals surface area contributed by atoms with E-state index < -0.39 is 28.5 Å². The summed E-state index contributed by atoms with van der Waals surface area (Å²) in [6.45, 7) is 7.61. The fourth-order valence-electron chi connectivity index (χ4n) is 3.38. The lowest BCUT2D eigenvalue weighted by atomic mass is 10.1. The van der Waals surface area contributed by atoms with Crippen LogP contribution in [0.2, 0.25) is 10.0 Å². The SMILES string of the molecule is CCc1ccc(N(CC(=O)N(Cc2ccc(Cl)c(Cl)c2)[C@@H](C)C(=O)NCC(C)C)S(C)(=O)=O)cc1. The second-order valence-corrected chi connectivity index (χ2v) is 11.6. The normalized spacial score (nSPS) is 12.3. The van der Waals surface area contributed by atoms with Crippen molar-refractivity contribution in [3.05, 3.63) is 63.6 Å². The van der Waals surface area contributed by atoms with Gasteiger partial charge in [0.05, 0.1) is 22.0 Å². The fourth-order valence-corrected chi connectivity index (χ4v) is 4.55. The summed E-state index contributed by atoms with van der Waals surface area (Å²) >= 11 is 12.2. The van der Waals surface area contributed by atoms with Crippen molar-refractivity contribution in [3.63, 3.8) is 0 Å². The van der Waals surface area contributed by atoms with E-state index in [-0.39, 0.29) is 18.4 Å². The highest BCUT2D eigenvalue weighted by Crippen LogP contribution is 2.24. The van der Waals surface area contributed by atoms with Gasteiger partial charge in [-0.3, -0.25) is 13.9 Å². The molecule has 1 atom stereocenters. The van der Waals surface area contributed by atoms with Gasteiger partial charge in [0.1, 0.15) is 12.6 Å². The molecular formula is C25H33Cl2N3O4S. The highest BCUT2D eigenvalue weighted by atomic mass is 35.5. The molecule has 0 fully saturated rings. The van der Waals surface area contributed by atoms with Gasteiger partial charge in [-0.25, -0.2) is 8.42 Å². The maximum atomic E-state index is 13.5. The Kier molecular flexibility index (Phi) is 10.4. The summed E-state index contributed by atoms with van der Waals surface area (Å²) in [5.41, 5.74) is 2.09. The van der Waals surface area contributed by atoms with E-state index in [1.165, 1.54) is 4.90 Å². The molecule has 2 aromatic carbocycles. The van der Waals surface area contributed by atoms with Crippen molar-refractivity contribution in [2.45, 2.75) is 46.7 Å². The van der Waals surface area contributed by atoms with Crippen molar-refractivity contribution in [1.82, 2.24) is 10.2 Å². The third-order valence-electron chi connectivity index (χ3n) is 5.50. The van der Waals surface area contributed by atoms with E-state index in [2.05, 4.69) is 5.32 Å². The predicted octanol–water partition coefficient (Wildman–Crippen LogP) is 4.51. The van der Waals surface area contributed by atoms with E-state index in [0.29, 0.717) is 27.8 Å². The molecule has 7 nitrogen and oxygen atoms in total. The molecule has 10 heteroatoms. The molecule has 2 rings (SSSR count). The summed E-state index contributed by atoms with van der Waals surface area (Å²) in [7, 11) is -3.77. The largest absolute Gasteiger partial charge is 0.354 e. The Morgan fingerprint density at radius 2 is 1.57 bits per heavy atom. The fraction of sp³-hybridized carbons (Fsp3) is 0.440. The molecule has 1 N–H and O–H groups in total. The molecule has 2 aromatic rings. The third-order valence-corrected chi connectivity index (χ3v) is 7.38. The summed E-state index contributed by atoms with van der Waals surface area (Å²) < 4.78 is 26.3. The van der Waals surface area contributed by atoms with Crippen LogP contribution in [0.25, 0.3) is 0 Å². The molecule has 0 aromatic heterocycles. The first kappa shape index (κ1) is 28.9. The molecule has 0 unspecified atom stereocenters. The van der Waals surface area contributed by atoms with Crippen molar-refractivity contribution in [2.75, 3.05) is 23.7 Å². The van der Waals surface area contributed by atoms with Gasteiger partial charge in [0, 0.05) is 13.1 Å². The van der Waals surface area contributed by atoms with E-state index in [1.54, 1.807) is 37.3 Å². The summed E-state index contributed by atoms with van der Waals surface area (Å²) in [5, 5.41) is 3.53. The minimum Gasteiger partial charge on any atom is -0.354 e. The molecule has 192 valence electrons. The van der Waals surface area contributed by atoms with E-state index in [1.807, 2.05) is 32.9 Å². The number of nitrogens with zero attached hydrogens (tertiary/aromatic N) is 2. The van der Waals surface area contributed by atoms with Crippen LogP contribution in [-0.2, 0) is 32.6 Å². The zero-order valence-corrected chi connectivity index (χ0v) is 23.0. The number of carbonyl (C=O) groups excluding carboxylic acids is 2. The topological polar surface area (TPSA) is 86.8 Å². The Balaban J connectivity index is 2.38. The average Bonchev–Trinajstić information content (AvgIpc) is 2.80. The van der Waals surface area contributed by atoms with E-state index in [0.717, 1.165) is 22.5 Å². The zero-order chi connectivity index (χ0) is 26.3. The van der Waals surface area contributed by atoms with Gasteiger partial charge in [0.15, 0.2) is 0 Å². The Labute approximate surface area is 218 Å². The lowest BCUT2D eigenvalue weighted by Crippen LogP contribution is -2.51. The maximum absolute atomic E-state index is 13.5. The predicted molar refractivity (Wildman–Crippen MR) is 142 cm³/mol. The Bertz CT molecular complexity index is 1140. The van der Waals surface area contributed by atoms with Crippen LogP contribution in [0.4, 0.5) is 5.69 Å². The average molecular weight is 543 g/mol. The number of sulfonamides is 1. The number of nitrogens with one attached hydrogen (secondary N) is 1. The van der Waals surface area contributed by atoms with Gasteiger partial charge in [-0.05, 0) is 54.7 Å². The lowest BCUT2D eigenvalue weighted by molar-refractivity contribution is -0.139. The number of benzene rings is 2. The number of halogens is 2. The van der Waals surface area contributed by atoms with Crippen LogP contribution in [0.15, 0.2) is 42.5 Å². The number of hydrogen-bond donors (Lipinski definition) is 1. The van der Waals surface area contributed by atoms with Crippen LogP contribution in [0.1, 0.15) is 38.8 Å². The van der Waals surface area contributed by atoms with Crippen molar-refractivity contribution in [1.29, 1.82) is 0 Å². The van der Waals surface area contributed by atoms with Crippen molar-refractivity contribution < 1.29 is 18.0 Å². The Morgan fingerprint density at radius 3 is 2.09 bits per heavy atom. The van der Waals surface area contributed by atoms with E-state index in [4.69, 9.17) is 23.2 Å². The highest BCUT2D eigenvalue weighted by molar-refractivity contribution is 7.92. The van der Waals surface area contributed by atoms with Crippen LogP contribution in [-0.4, -0.2) is 50.5 Å². The van der Waals surface area contributed by atoms with E-state index in [9.17, 15) is 18.0 Å². The second kappa shape index (κ2) is 12.6. The maximum Gasteiger partial charge on any atom is 0.244 e. The minimum atomic E-state index is -3.77. The molecule has 0 heterocycles. The molecule has 0 radical (unpaired) electrons. The van der Waals surface area contributed by atoms with Crippen LogP contribution in [0.5, 0.6) is 0 Å². The first-order chi connectivity index (χ1) is 16.3. The first-order valence-electron chi connectivity index (χ1n) is 11.4. The Morgan fingerprint density at radius 1 is 0.971 bits per heavy atom. The van der Waals surface area contributed by atoms with Gasteiger partial charge in [-0.1, -0.05) is 62.2 Å². The summed E-state index contributed by atoms with van der Waals surface area (Å²) in [6, 6.07) is 11.1. The second-order valence-electron chi connectivity index (χ2n) is 8.87. The summed E-state index contributed by atoms with van der Waals surface area (Å²) in [4.78, 5) is 27.7. The molecule has 0 spiro atoms. The lowest BCUT2D eigenvalue weighted by Gasteiger charge is -2.31. The van der Waals surface area contributed by atoms with Gasteiger partial charge in [0.25, 0.3) is 0 Å². The molecule has 0 saturated carbocycles. The molecule has 0 aliphatic rings.